The summed E-state index contributed by atoms with van der Waals surface area (Å²) in [5.41, 5.74) is 1.51. The van der Waals surface area contributed by atoms with E-state index >= 15 is 0 Å². The van der Waals surface area contributed by atoms with Gasteiger partial charge in [-0.1, -0.05) is 24.3 Å². The van der Waals surface area contributed by atoms with Crippen LogP contribution in [0.1, 0.15) is 78.4 Å². The van der Waals surface area contributed by atoms with Gasteiger partial charge < -0.3 is 10.0 Å². The van der Waals surface area contributed by atoms with Gasteiger partial charge in [-0.05, 0) is 86.8 Å². The third-order valence-electron chi connectivity index (χ3n) is 6.79. The Morgan fingerprint density at radius 1 is 1.03 bits per heavy atom. The Bertz CT molecular complexity index is 950. The predicted octanol–water partition coefficient (Wildman–Crippen LogP) is 5.07. The van der Waals surface area contributed by atoms with E-state index in [-0.39, 0.29) is 11.9 Å². The first-order valence-electron chi connectivity index (χ1n) is 11.1. The quantitative estimate of drug-likeness (QED) is 0.710. The molecule has 4 rings (SSSR count). The van der Waals surface area contributed by atoms with Gasteiger partial charge in [0.1, 0.15) is 12.3 Å². The van der Waals surface area contributed by atoms with Crippen LogP contribution in [0, 0.1) is 11.3 Å². The van der Waals surface area contributed by atoms with Crippen molar-refractivity contribution < 1.29 is 14.3 Å². The molecule has 0 heterocycles. The summed E-state index contributed by atoms with van der Waals surface area (Å²) in [4.78, 5) is 15.4. The molecule has 2 fully saturated rings. The molecule has 0 unspecified atom stereocenters. The fourth-order valence-corrected chi connectivity index (χ4v) is 4.70. The summed E-state index contributed by atoms with van der Waals surface area (Å²) >= 11 is 0. The molecule has 0 bridgehead atoms. The molecule has 2 aliphatic rings. The van der Waals surface area contributed by atoms with Crippen molar-refractivity contribution in [3.05, 3.63) is 70.8 Å². The summed E-state index contributed by atoms with van der Waals surface area (Å²) in [5.74, 6) is 0.512. The van der Waals surface area contributed by atoms with Crippen molar-refractivity contribution in [2.75, 3.05) is 6.67 Å². The molecule has 0 saturated heterocycles. The van der Waals surface area contributed by atoms with Crippen LogP contribution in [-0.2, 0) is 5.60 Å². The van der Waals surface area contributed by atoms with E-state index in [2.05, 4.69) is 23.1 Å². The molecule has 0 aliphatic heterocycles. The maximum Gasteiger partial charge on any atom is 0.254 e. The Morgan fingerprint density at radius 2 is 1.58 bits per heavy atom. The zero-order chi connectivity index (χ0) is 22.0. The van der Waals surface area contributed by atoms with Crippen molar-refractivity contribution in [1.29, 1.82) is 5.26 Å². The number of rotatable bonds is 6. The Hall–Kier alpha value is -2.71. The van der Waals surface area contributed by atoms with Crippen LogP contribution in [0.15, 0.2) is 48.5 Å². The van der Waals surface area contributed by atoms with Gasteiger partial charge in [-0.3, -0.25) is 4.79 Å². The molecule has 1 amide bonds. The molecule has 31 heavy (non-hydrogen) atoms. The van der Waals surface area contributed by atoms with E-state index in [4.69, 9.17) is 5.26 Å². The van der Waals surface area contributed by atoms with E-state index in [1.807, 2.05) is 12.1 Å². The lowest BCUT2D eigenvalue weighted by molar-refractivity contribution is 0.0299. The summed E-state index contributed by atoms with van der Waals surface area (Å²) in [5, 5.41) is 19.1. The number of nitrogens with zero attached hydrogens (tertiary/aromatic N) is 2. The maximum atomic E-state index is 13.3. The van der Waals surface area contributed by atoms with Gasteiger partial charge in [0, 0.05) is 17.6 Å². The molecular weight excluding hydrogens is 391 g/mol. The van der Waals surface area contributed by atoms with Crippen LogP contribution in [0.4, 0.5) is 4.39 Å². The van der Waals surface area contributed by atoms with Crippen molar-refractivity contribution in [3.8, 4) is 6.07 Å². The Morgan fingerprint density at radius 3 is 2.06 bits per heavy atom. The highest BCUT2D eigenvalue weighted by Crippen LogP contribution is 2.39. The molecule has 2 saturated carbocycles. The number of hydrogen-bond acceptors (Lipinski definition) is 3. The number of amides is 1. The van der Waals surface area contributed by atoms with Crippen LogP contribution in [0.3, 0.4) is 0 Å². The number of carbonyl (C=O) groups is 1. The van der Waals surface area contributed by atoms with Crippen LogP contribution < -0.4 is 0 Å². The van der Waals surface area contributed by atoms with Gasteiger partial charge >= 0.3 is 0 Å². The van der Waals surface area contributed by atoms with Crippen LogP contribution in [0.2, 0.25) is 0 Å². The van der Waals surface area contributed by atoms with Crippen LogP contribution in [0.25, 0.3) is 0 Å². The minimum Gasteiger partial charge on any atom is -0.383 e. The smallest absolute Gasteiger partial charge is 0.254 e. The standard InChI is InChI=1S/C26H29FN2O2/c1-26(31,17-27)22-10-6-21(7-11-22)25(30)29(24-14-15-24)23-12-8-20(9-13-23)19-4-2-18(16-28)3-5-19/h2-7,10-11,20,23-24,31H,8-9,12-15,17H2,1H3/t20?,23?,26-/m1/s1. The number of alkyl halides is 1. The van der Waals surface area contributed by atoms with Crippen LogP contribution in [0.5, 0.6) is 0 Å². The molecule has 0 spiro atoms. The fraction of sp³-hybridized carbons (Fsp3) is 0.462. The van der Waals surface area contributed by atoms with Crippen molar-refractivity contribution >= 4 is 5.91 Å². The summed E-state index contributed by atoms with van der Waals surface area (Å²) in [6.07, 6.45) is 6.12. The second-order valence-corrected chi connectivity index (χ2v) is 9.17. The van der Waals surface area contributed by atoms with Gasteiger partial charge in [-0.15, -0.1) is 0 Å². The zero-order valence-corrected chi connectivity index (χ0v) is 17.9. The van der Waals surface area contributed by atoms with E-state index in [9.17, 15) is 14.3 Å². The van der Waals surface area contributed by atoms with Crippen LogP contribution in [-0.4, -0.2) is 34.7 Å². The largest absolute Gasteiger partial charge is 0.383 e. The highest BCUT2D eigenvalue weighted by Gasteiger charge is 2.39. The topological polar surface area (TPSA) is 64.3 Å². The third-order valence-corrected chi connectivity index (χ3v) is 6.79. The van der Waals surface area contributed by atoms with Gasteiger partial charge in [-0.2, -0.15) is 5.26 Å². The maximum absolute atomic E-state index is 13.3. The number of benzene rings is 2. The third kappa shape index (κ3) is 4.65. The van der Waals surface area contributed by atoms with E-state index in [0.29, 0.717) is 28.7 Å². The monoisotopic (exact) mass is 420 g/mol. The minimum atomic E-state index is -1.53. The number of aliphatic hydroxyl groups is 1. The Balaban J connectivity index is 1.44. The Kier molecular flexibility index (Phi) is 6.11. The minimum absolute atomic E-state index is 0.0377. The van der Waals surface area contributed by atoms with Crippen molar-refractivity contribution in [1.82, 2.24) is 4.90 Å². The number of hydrogen-bond donors (Lipinski definition) is 1. The fourth-order valence-electron chi connectivity index (χ4n) is 4.70. The first-order valence-corrected chi connectivity index (χ1v) is 11.1. The van der Waals surface area contributed by atoms with E-state index in [0.717, 1.165) is 38.5 Å². The molecule has 2 aromatic rings. The molecule has 1 N–H and O–H groups in total. The summed E-state index contributed by atoms with van der Waals surface area (Å²) in [7, 11) is 0. The van der Waals surface area contributed by atoms with Gasteiger partial charge in [-0.25, -0.2) is 4.39 Å². The van der Waals surface area contributed by atoms with E-state index in [1.165, 1.54) is 12.5 Å². The van der Waals surface area contributed by atoms with Gasteiger partial charge in [0.2, 0.25) is 0 Å². The molecule has 2 aromatic carbocycles. The molecule has 0 radical (unpaired) electrons. The zero-order valence-electron chi connectivity index (χ0n) is 17.9. The van der Waals surface area contributed by atoms with Gasteiger partial charge in [0.25, 0.3) is 5.91 Å². The average Bonchev–Trinajstić information content (AvgIpc) is 3.65. The number of halogens is 1. The second-order valence-electron chi connectivity index (χ2n) is 9.17. The number of carbonyl (C=O) groups excluding carboxylic acids is 1. The first-order chi connectivity index (χ1) is 14.9. The van der Waals surface area contributed by atoms with E-state index < -0.39 is 12.3 Å². The van der Waals surface area contributed by atoms with Gasteiger partial charge in [0.05, 0.1) is 11.6 Å². The summed E-state index contributed by atoms with van der Waals surface area (Å²) in [6, 6.07) is 17.3. The van der Waals surface area contributed by atoms with Crippen molar-refractivity contribution in [2.45, 2.75) is 69.1 Å². The Labute approximate surface area is 183 Å². The average molecular weight is 421 g/mol. The summed E-state index contributed by atoms with van der Waals surface area (Å²) in [6.45, 7) is 0.573. The molecule has 5 heteroatoms. The highest BCUT2D eigenvalue weighted by atomic mass is 19.1. The first kappa shape index (κ1) is 21.5. The van der Waals surface area contributed by atoms with Crippen LogP contribution >= 0.6 is 0 Å². The lowest BCUT2D eigenvalue weighted by Gasteiger charge is -2.37. The normalized spacial score (nSPS) is 22.9. The second kappa shape index (κ2) is 8.80. The molecule has 4 nitrogen and oxygen atoms in total. The van der Waals surface area contributed by atoms with E-state index in [1.54, 1.807) is 24.3 Å². The molecular formula is C26H29FN2O2. The van der Waals surface area contributed by atoms with Crippen molar-refractivity contribution in [2.24, 2.45) is 0 Å². The lowest BCUT2D eigenvalue weighted by atomic mass is 9.81. The number of nitriles is 1. The SMILES string of the molecule is C[C@@](O)(CF)c1ccc(C(=O)N(C2CCC(c3ccc(C#N)cc3)CC2)C2CC2)cc1. The lowest BCUT2D eigenvalue weighted by Crippen LogP contribution is -2.43. The molecule has 2 aliphatic carbocycles. The molecule has 0 aromatic heterocycles. The summed E-state index contributed by atoms with van der Waals surface area (Å²) < 4.78 is 13.1. The van der Waals surface area contributed by atoms with Gasteiger partial charge in [0.15, 0.2) is 0 Å². The van der Waals surface area contributed by atoms with Crippen molar-refractivity contribution in [3.63, 3.8) is 0 Å². The highest BCUT2D eigenvalue weighted by molar-refractivity contribution is 5.95. The molecule has 162 valence electrons. The molecule has 1 atom stereocenters. The predicted molar refractivity (Wildman–Crippen MR) is 117 cm³/mol.